The second-order valence-electron chi connectivity index (χ2n) is 4.68. The first kappa shape index (κ1) is 14.2. The highest BCUT2D eigenvalue weighted by molar-refractivity contribution is 7.71. The molecule has 110 valence electrons. The number of aromatic nitrogens is 3. The summed E-state index contributed by atoms with van der Waals surface area (Å²) in [6.45, 7) is 1.94. The first-order valence-corrected chi connectivity index (χ1v) is 7.14. The Morgan fingerprint density at radius 2 is 2.09 bits per heavy atom. The topological polar surface area (TPSA) is 59.1 Å². The van der Waals surface area contributed by atoms with E-state index in [1.165, 1.54) is 0 Å². The van der Waals surface area contributed by atoms with Crippen molar-refractivity contribution in [2.24, 2.45) is 5.10 Å². The van der Waals surface area contributed by atoms with Crippen molar-refractivity contribution in [1.82, 2.24) is 14.9 Å². The van der Waals surface area contributed by atoms with Crippen LogP contribution in [0.15, 0.2) is 63.8 Å². The van der Waals surface area contributed by atoms with Crippen LogP contribution in [0.25, 0.3) is 17.5 Å². The zero-order valence-electron chi connectivity index (χ0n) is 11.9. The molecule has 0 atom stereocenters. The maximum Gasteiger partial charge on any atom is 0.216 e. The number of hydrogen-bond donors (Lipinski definition) is 1. The van der Waals surface area contributed by atoms with Crippen molar-refractivity contribution in [3.05, 3.63) is 64.8 Å². The fourth-order valence-electron chi connectivity index (χ4n) is 1.96. The molecule has 0 aliphatic heterocycles. The van der Waals surface area contributed by atoms with Gasteiger partial charge in [-0.25, -0.2) is 5.10 Å². The lowest BCUT2D eigenvalue weighted by molar-refractivity contribution is 0.557. The zero-order chi connectivity index (χ0) is 15.4. The number of H-pyrrole nitrogens is 1. The SMILES string of the molecule is CC(/C=N\n1c(-c2ccccc2)n[nH]c1=S)=C\c1ccco1. The molecule has 0 aliphatic rings. The third kappa shape index (κ3) is 3.12. The minimum Gasteiger partial charge on any atom is -0.465 e. The van der Waals surface area contributed by atoms with Gasteiger partial charge in [-0.2, -0.15) is 14.9 Å². The average molecular weight is 310 g/mol. The monoisotopic (exact) mass is 310 g/mol. The summed E-state index contributed by atoms with van der Waals surface area (Å²) in [7, 11) is 0. The van der Waals surface area contributed by atoms with Crippen LogP contribution in [0.3, 0.4) is 0 Å². The van der Waals surface area contributed by atoms with Gasteiger partial charge in [-0.15, -0.1) is 0 Å². The van der Waals surface area contributed by atoms with Gasteiger partial charge in [-0.3, -0.25) is 0 Å². The number of furan rings is 1. The van der Waals surface area contributed by atoms with Crippen molar-refractivity contribution >= 4 is 24.5 Å². The predicted octanol–water partition coefficient (Wildman–Crippen LogP) is 4.14. The van der Waals surface area contributed by atoms with E-state index >= 15 is 0 Å². The van der Waals surface area contributed by atoms with Gasteiger partial charge >= 0.3 is 0 Å². The van der Waals surface area contributed by atoms with Gasteiger partial charge < -0.3 is 4.42 Å². The molecular formula is C16H14N4OS. The molecule has 0 saturated heterocycles. The smallest absolute Gasteiger partial charge is 0.216 e. The molecule has 0 fully saturated rings. The second-order valence-corrected chi connectivity index (χ2v) is 5.07. The molecule has 3 aromatic rings. The molecule has 22 heavy (non-hydrogen) atoms. The first-order chi connectivity index (χ1) is 10.7. The van der Waals surface area contributed by atoms with Gasteiger partial charge in [0.15, 0.2) is 5.82 Å². The van der Waals surface area contributed by atoms with E-state index in [0.717, 1.165) is 16.9 Å². The number of hydrogen-bond acceptors (Lipinski definition) is 4. The minimum absolute atomic E-state index is 0.445. The maximum atomic E-state index is 5.27. The molecule has 0 spiro atoms. The van der Waals surface area contributed by atoms with Crippen LogP contribution in [0.2, 0.25) is 0 Å². The molecule has 0 bridgehead atoms. The number of nitrogens with zero attached hydrogens (tertiary/aromatic N) is 3. The summed E-state index contributed by atoms with van der Waals surface area (Å²) in [4.78, 5) is 0. The van der Waals surface area contributed by atoms with E-state index in [1.807, 2.05) is 55.5 Å². The highest BCUT2D eigenvalue weighted by Gasteiger charge is 2.06. The van der Waals surface area contributed by atoms with Crippen LogP contribution >= 0.6 is 12.2 Å². The third-order valence-corrected chi connectivity index (χ3v) is 3.24. The molecule has 0 saturated carbocycles. The second kappa shape index (κ2) is 6.36. The van der Waals surface area contributed by atoms with Crippen molar-refractivity contribution < 1.29 is 4.42 Å². The van der Waals surface area contributed by atoms with Crippen LogP contribution in [0, 0.1) is 4.77 Å². The molecule has 5 nitrogen and oxygen atoms in total. The van der Waals surface area contributed by atoms with Gasteiger partial charge in [0, 0.05) is 5.56 Å². The van der Waals surface area contributed by atoms with E-state index in [9.17, 15) is 0 Å². The quantitative estimate of drug-likeness (QED) is 0.582. The van der Waals surface area contributed by atoms with E-state index in [0.29, 0.717) is 10.6 Å². The van der Waals surface area contributed by atoms with Crippen molar-refractivity contribution in [3.8, 4) is 11.4 Å². The Morgan fingerprint density at radius 3 is 2.82 bits per heavy atom. The van der Waals surface area contributed by atoms with Crippen LogP contribution in [0.1, 0.15) is 12.7 Å². The fraction of sp³-hybridized carbons (Fsp3) is 0.0625. The molecule has 2 heterocycles. The molecule has 2 aromatic heterocycles. The van der Waals surface area contributed by atoms with Gasteiger partial charge in [-0.05, 0) is 42.9 Å². The summed E-state index contributed by atoms with van der Waals surface area (Å²) in [5, 5.41) is 11.4. The van der Waals surface area contributed by atoms with Crippen molar-refractivity contribution in [2.75, 3.05) is 0 Å². The standard InChI is InChI=1S/C16H14N4OS/c1-12(10-14-8-5-9-21-14)11-17-20-15(18-19-16(20)22)13-6-3-2-4-7-13/h2-11H,1H3,(H,19,22)/b12-10+,17-11-. The fourth-order valence-corrected chi connectivity index (χ4v) is 2.14. The lowest BCUT2D eigenvalue weighted by atomic mass is 10.2. The Kier molecular flexibility index (Phi) is 4.11. The van der Waals surface area contributed by atoms with E-state index in [1.54, 1.807) is 17.2 Å². The van der Waals surface area contributed by atoms with E-state index in [-0.39, 0.29) is 0 Å². The Balaban J connectivity index is 1.91. The average Bonchev–Trinajstić information content (AvgIpc) is 3.16. The van der Waals surface area contributed by atoms with E-state index in [2.05, 4.69) is 15.3 Å². The highest BCUT2D eigenvalue weighted by Crippen LogP contribution is 2.16. The lowest BCUT2D eigenvalue weighted by Crippen LogP contribution is -1.94. The molecule has 0 radical (unpaired) electrons. The molecule has 0 aliphatic carbocycles. The molecule has 1 N–H and O–H groups in total. The number of nitrogens with one attached hydrogen (secondary N) is 1. The third-order valence-electron chi connectivity index (χ3n) is 2.97. The van der Waals surface area contributed by atoms with Crippen LogP contribution in [0.4, 0.5) is 0 Å². The van der Waals surface area contributed by atoms with Crippen molar-refractivity contribution in [1.29, 1.82) is 0 Å². The normalized spacial score (nSPS) is 12.1. The predicted molar refractivity (Wildman–Crippen MR) is 89.1 cm³/mol. The largest absolute Gasteiger partial charge is 0.465 e. The van der Waals surface area contributed by atoms with Crippen LogP contribution in [-0.4, -0.2) is 21.1 Å². The summed E-state index contributed by atoms with van der Waals surface area (Å²) in [6.07, 6.45) is 5.26. The summed E-state index contributed by atoms with van der Waals surface area (Å²) < 4.78 is 7.32. The number of benzene rings is 1. The Bertz CT molecular complexity index is 857. The number of rotatable bonds is 4. The molecular weight excluding hydrogens is 296 g/mol. The molecule has 0 unspecified atom stereocenters. The molecule has 0 amide bonds. The van der Waals surface area contributed by atoms with E-state index in [4.69, 9.17) is 16.6 Å². The van der Waals surface area contributed by atoms with Gasteiger partial charge in [-0.1, -0.05) is 30.3 Å². The summed E-state index contributed by atoms with van der Waals surface area (Å²) >= 11 is 5.23. The number of allylic oxidation sites excluding steroid dienone is 1. The minimum atomic E-state index is 0.445. The van der Waals surface area contributed by atoms with E-state index < -0.39 is 0 Å². The van der Waals surface area contributed by atoms with Gasteiger partial charge in [0.1, 0.15) is 5.76 Å². The lowest BCUT2D eigenvalue weighted by Gasteiger charge is -2.00. The van der Waals surface area contributed by atoms with Crippen molar-refractivity contribution in [3.63, 3.8) is 0 Å². The summed E-state index contributed by atoms with van der Waals surface area (Å²) in [5.74, 6) is 1.45. The molecule has 6 heteroatoms. The van der Waals surface area contributed by atoms with Crippen LogP contribution in [-0.2, 0) is 0 Å². The summed E-state index contributed by atoms with van der Waals surface area (Å²) in [5.41, 5.74) is 1.89. The van der Waals surface area contributed by atoms with Crippen LogP contribution in [0.5, 0.6) is 0 Å². The van der Waals surface area contributed by atoms with Gasteiger partial charge in [0.25, 0.3) is 0 Å². The van der Waals surface area contributed by atoms with Crippen molar-refractivity contribution in [2.45, 2.75) is 6.92 Å². The Labute approximate surface area is 132 Å². The number of aromatic amines is 1. The maximum absolute atomic E-state index is 5.27. The summed E-state index contributed by atoms with van der Waals surface area (Å²) in [6, 6.07) is 13.5. The van der Waals surface area contributed by atoms with Gasteiger partial charge in [0.2, 0.25) is 4.77 Å². The Morgan fingerprint density at radius 1 is 1.27 bits per heavy atom. The molecule has 1 aromatic carbocycles. The van der Waals surface area contributed by atoms with Crippen LogP contribution < -0.4 is 0 Å². The Hall–Kier alpha value is -2.73. The van der Waals surface area contributed by atoms with Gasteiger partial charge in [0.05, 0.1) is 12.5 Å². The highest BCUT2D eigenvalue weighted by atomic mass is 32.1. The first-order valence-electron chi connectivity index (χ1n) is 6.73. The zero-order valence-corrected chi connectivity index (χ0v) is 12.7. The molecule has 3 rings (SSSR count).